The Kier molecular flexibility index (Phi) is 3.29. The third-order valence-electron chi connectivity index (χ3n) is 2.98. The Bertz CT molecular complexity index is 373. The number of hydrogen-bond donors (Lipinski definition) is 1. The van der Waals surface area contributed by atoms with E-state index in [1.54, 1.807) is 0 Å². The normalized spacial score (nSPS) is 14.1. The van der Waals surface area contributed by atoms with Crippen molar-refractivity contribution in [1.29, 1.82) is 0 Å². The Balaban J connectivity index is 2.13. The molecule has 0 spiro atoms. The maximum absolute atomic E-state index is 5.24. The zero-order valence-corrected chi connectivity index (χ0v) is 9.05. The van der Waals surface area contributed by atoms with E-state index in [1.807, 2.05) is 0 Å². The Morgan fingerprint density at radius 1 is 1.27 bits per heavy atom. The molecule has 0 aliphatic heterocycles. The number of aryl methyl sites for hydroxylation is 1. The predicted molar refractivity (Wildman–Crippen MR) is 65.0 cm³/mol. The third kappa shape index (κ3) is 2.33. The SMILES string of the molecule is C#CCCNc1cccc2c1CCCC2. The van der Waals surface area contributed by atoms with Crippen LogP contribution in [0.4, 0.5) is 5.69 Å². The average Bonchev–Trinajstić information content (AvgIpc) is 2.30. The van der Waals surface area contributed by atoms with Crippen LogP contribution in [0.5, 0.6) is 0 Å². The highest BCUT2D eigenvalue weighted by Crippen LogP contribution is 2.27. The molecule has 1 nitrogen and oxygen atoms in total. The summed E-state index contributed by atoms with van der Waals surface area (Å²) in [6.45, 7) is 0.882. The molecule has 0 heterocycles. The van der Waals surface area contributed by atoms with Crippen LogP contribution in [0.1, 0.15) is 30.4 Å². The standard InChI is InChI=1S/C14H17N/c1-2-3-11-15-14-10-6-8-12-7-4-5-9-13(12)14/h1,6,8,10,15H,3-5,7,9,11H2. The molecule has 0 radical (unpaired) electrons. The summed E-state index contributed by atoms with van der Waals surface area (Å²) in [5.41, 5.74) is 4.33. The number of hydrogen-bond acceptors (Lipinski definition) is 1. The van der Waals surface area contributed by atoms with Gasteiger partial charge in [-0.25, -0.2) is 0 Å². The molecule has 1 heteroatoms. The highest BCUT2D eigenvalue weighted by molar-refractivity contribution is 5.55. The maximum Gasteiger partial charge on any atom is 0.0375 e. The second kappa shape index (κ2) is 4.89. The molecule has 1 aromatic rings. The molecule has 1 aliphatic rings. The maximum atomic E-state index is 5.24. The van der Waals surface area contributed by atoms with Gasteiger partial charge in [-0.05, 0) is 42.9 Å². The summed E-state index contributed by atoms with van der Waals surface area (Å²) in [6.07, 6.45) is 11.1. The first-order valence-electron chi connectivity index (χ1n) is 5.70. The van der Waals surface area contributed by atoms with Gasteiger partial charge in [-0.2, -0.15) is 0 Å². The van der Waals surface area contributed by atoms with Gasteiger partial charge in [-0.1, -0.05) is 12.1 Å². The van der Waals surface area contributed by atoms with Crippen molar-refractivity contribution in [3.63, 3.8) is 0 Å². The summed E-state index contributed by atoms with van der Waals surface area (Å²) < 4.78 is 0. The molecule has 0 fully saturated rings. The van der Waals surface area contributed by atoms with E-state index in [2.05, 4.69) is 29.4 Å². The zero-order valence-electron chi connectivity index (χ0n) is 9.05. The Hall–Kier alpha value is -1.42. The number of anilines is 1. The lowest BCUT2D eigenvalue weighted by Gasteiger charge is -2.19. The van der Waals surface area contributed by atoms with E-state index in [-0.39, 0.29) is 0 Å². The summed E-state index contributed by atoms with van der Waals surface area (Å²) >= 11 is 0. The molecular weight excluding hydrogens is 182 g/mol. The number of terminal acetylenes is 1. The van der Waals surface area contributed by atoms with Crippen LogP contribution in [0.25, 0.3) is 0 Å². The number of fused-ring (bicyclic) bond motifs is 1. The van der Waals surface area contributed by atoms with Gasteiger partial charge in [0, 0.05) is 18.7 Å². The van der Waals surface area contributed by atoms with Gasteiger partial charge in [0.15, 0.2) is 0 Å². The van der Waals surface area contributed by atoms with Gasteiger partial charge in [-0.15, -0.1) is 12.3 Å². The van der Waals surface area contributed by atoms with Crippen molar-refractivity contribution >= 4 is 5.69 Å². The van der Waals surface area contributed by atoms with Crippen molar-refractivity contribution in [3.8, 4) is 12.3 Å². The summed E-state index contributed by atoms with van der Waals surface area (Å²) in [5.74, 6) is 2.66. The number of nitrogens with one attached hydrogen (secondary N) is 1. The first-order chi connectivity index (χ1) is 7.42. The van der Waals surface area contributed by atoms with Gasteiger partial charge < -0.3 is 5.32 Å². The van der Waals surface area contributed by atoms with Crippen molar-refractivity contribution in [2.75, 3.05) is 11.9 Å². The van der Waals surface area contributed by atoms with Crippen LogP contribution in [0.2, 0.25) is 0 Å². The lowest BCUT2D eigenvalue weighted by atomic mass is 9.90. The van der Waals surface area contributed by atoms with Crippen molar-refractivity contribution in [2.45, 2.75) is 32.1 Å². The number of rotatable bonds is 3. The molecule has 0 unspecified atom stereocenters. The van der Waals surface area contributed by atoms with Crippen LogP contribution in [-0.2, 0) is 12.8 Å². The minimum atomic E-state index is 0.795. The molecule has 0 atom stereocenters. The van der Waals surface area contributed by atoms with E-state index >= 15 is 0 Å². The molecular formula is C14H17N. The van der Waals surface area contributed by atoms with E-state index in [1.165, 1.54) is 42.5 Å². The van der Waals surface area contributed by atoms with E-state index in [0.717, 1.165) is 13.0 Å². The minimum absolute atomic E-state index is 0.795. The molecule has 2 rings (SSSR count). The van der Waals surface area contributed by atoms with E-state index in [9.17, 15) is 0 Å². The highest BCUT2D eigenvalue weighted by atomic mass is 14.9. The monoisotopic (exact) mass is 199 g/mol. The molecule has 0 aromatic heterocycles. The first-order valence-corrected chi connectivity index (χ1v) is 5.70. The predicted octanol–water partition coefficient (Wildman–Crippen LogP) is 3.00. The van der Waals surface area contributed by atoms with Crippen molar-refractivity contribution in [1.82, 2.24) is 0 Å². The van der Waals surface area contributed by atoms with Crippen LogP contribution in [-0.4, -0.2) is 6.54 Å². The van der Waals surface area contributed by atoms with Crippen LogP contribution in [0.3, 0.4) is 0 Å². The quantitative estimate of drug-likeness (QED) is 0.583. The van der Waals surface area contributed by atoms with Gasteiger partial charge in [0.2, 0.25) is 0 Å². The molecule has 0 amide bonds. The molecule has 1 N–H and O–H groups in total. The van der Waals surface area contributed by atoms with Gasteiger partial charge >= 0.3 is 0 Å². The topological polar surface area (TPSA) is 12.0 Å². The molecule has 78 valence electrons. The average molecular weight is 199 g/mol. The van der Waals surface area contributed by atoms with Crippen molar-refractivity contribution in [3.05, 3.63) is 29.3 Å². The number of benzene rings is 1. The first kappa shape index (κ1) is 10.1. The van der Waals surface area contributed by atoms with Gasteiger partial charge in [0.05, 0.1) is 0 Å². The highest BCUT2D eigenvalue weighted by Gasteiger charge is 2.11. The second-order valence-electron chi connectivity index (χ2n) is 4.03. The van der Waals surface area contributed by atoms with Crippen LogP contribution in [0, 0.1) is 12.3 Å². The van der Waals surface area contributed by atoms with Gasteiger partial charge in [-0.3, -0.25) is 0 Å². The molecule has 15 heavy (non-hydrogen) atoms. The molecule has 0 saturated carbocycles. The lowest BCUT2D eigenvalue weighted by molar-refractivity contribution is 0.686. The van der Waals surface area contributed by atoms with Gasteiger partial charge in [0.25, 0.3) is 0 Å². The van der Waals surface area contributed by atoms with E-state index in [4.69, 9.17) is 6.42 Å². The summed E-state index contributed by atoms with van der Waals surface area (Å²) in [5, 5.41) is 3.43. The smallest absolute Gasteiger partial charge is 0.0375 e. The second-order valence-corrected chi connectivity index (χ2v) is 4.03. The fourth-order valence-electron chi connectivity index (χ4n) is 2.22. The van der Waals surface area contributed by atoms with Crippen molar-refractivity contribution in [2.24, 2.45) is 0 Å². The lowest BCUT2D eigenvalue weighted by Crippen LogP contribution is -2.09. The Morgan fingerprint density at radius 2 is 2.13 bits per heavy atom. The van der Waals surface area contributed by atoms with Gasteiger partial charge in [0.1, 0.15) is 0 Å². The summed E-state index contributed by atoms with van der Waals surface area (Å²) in [6, 6.07) is 6.56. The largest absolute Gasteiger partial charge is 0.384 e. The molecule has 0 bridgehead atoms. The van der Waals surface area contributed by atoms with Crippen LogP contribution in [0.15, 0.2) is 18.2 Å². The minimum Gasteiger partial charge on any atom is -0.384 e. The van der Waals surface area contributed by atoms with Crippen LogP contribution < -0.4 is 5.32 Å². The van der Waals surface area contributed by atoms with Crippen molar-refractivity contribution < 1.29 is 0 Å². The molecule has 1 aliphatic carbocycles. The molecule has 1 aromatic carbocycles. The molecule has 0 saturated heterocycles. The van der Waals surface area contributed by atoms with E-state index in [0.29, 0.717) is 0 Å². The third-order valence-corrected chi connectivity index (χ3v) is 2.98. The fourth-order valence-corrected chi connectivity index (χ4v) is 2.22. The van der Waals surface area contributed by atoms with Crippen LogP contribution >= 0.6 is 0 Å². The summed E-state index contributed by atoms with van der Waals surface area (Å²) in [7, 11) is 0. The fraction of sp³-hybridized carbons (Fsp3) is 0.429. The Morgan fingerprint density at radius 3 is 3.00 bits per heavy atom. The summed E-state index contributed by atoms with van der Waals surface area (Å²) in [4.78, 5) is 0. The Labute approximate surface area is 91.9 Å². The van der Waals surface area contributed by atoms with E-state index < -0.39 is 0 Å². The zero-order chi connectivity index (χ0) is 10.5.